The van der Waals surface area contributed by atoms with Crippen molar-refractivity contribution in [2.24, 2.45) is 0 Å². The monoisotopic (exact) mass is 477 g/mol. The van der Waals surface area contributed by atoms with E-state index in [1.807, 2.05) is 30.3 Å². The fraction of sp³-hybridized carbons (Fsp3) is 0.409. The molecule has 0 N–H and O–H groups in total. The smallest absolute Gasteiger partial charge is 0.353 e. The van der Waals surface area contributed by atoms with E-state index in [1.54, 1.807) is 11.8 Å². The molecule has 0 saturated carbocycles. The van der Waals surface area contributed by atoms with Gasteiger partial charge in [0.05, 0.1) is 5.02 Å². The van der Waals surface area contributed by atoms with Crippen molar-refractivity contribution in [1.29, 1.82) is 0 Å². The van der Waals surface area contributed by atoms with Crippen molar-refractivity contribution in [3.63, 3.8) is 0 Å². The van der Waals surface area contributed by atoms with Crippen LogP contribution in [0.2, 0.25) is 5.02 Å². The molecule has 0 spiro atoms. The Morgan fingerprint density at radius 1 is 1.03 bits per heavy atom. The largest absolute Gasteiger partial charge is 0.404 e. The Labute approximate surface area is 188 Å². The van der Waals surface area contributed by atoms with Crippen LogP contribution >= 0.6 is 11.6 Å². The number of rotatable bonds is 4. The molecule has 0 bridgehead atoms. The van der Waals surface area contributed by atoms with E-state index < -0.39 is 23.8 Å². The summed E-state index contributed by atoms with van der Waals surface area (Å²) < 4.78 is 77.4. The summed E-state index contributed by atoms with van der Waals surface area (Å²) in [6, 6.07) is 10.6. The number of alkyl halides is 6. The second-order valence-electron chi connectivity index (χ2n) is 7.13. The van der Waals surface area contributed by atoms with Crippen LogP contribution in [0, 0.1) is 12.3 Å². The minimum absolute atomic E-state index is 0.192. The highest BCUT2D eigenvalue weighted by Crippen LogP contribution is 2.47. The Kier molecular flexibility index (Phi) is 8.81. The van der Waals surface area contributed by atoms with Gasteiger partial charge in [0.2, 0.25) is 0 Å². The number of aromatic nitrogens is 1. The van der Waals surface area contributed by atoms with Gasteiger partial charge in [-0.25, -0.2) is 4.98 Å². The maximum Gasteiger partial charge on any atom is 0.404 e. The third-order valence-corrected chi connectivity index (χ3v) is 5.03. The van der Waals surface area contributed by atoms with Gasteiger partial charge in [-0.3, -0.25) is 4.90 Å². The van der Waals surface area contributed by atoms with Crippen molar-refractivity contribution < 1.29 is 26.3 Å². The molecule has 0 aliphatic carbocycles. The van der Waals surface area contributed by atoms with Crippen LogP contribution in [-0.2, 0) is 6.54 Å². The average molecular weight is 478 g/mol. The molecule has 1 aromatic heterocycles. The van der Waals surface area contributed by atoms with Crippen LogP contribution in [0.1, 0.15) is 24.0 Å². The molecule has 1 aliphatic rings. The molecule has 0 atom stereocenters. The average Bonchev–Trinajstić information content (AvgIpc) is 2.68. The molecule has 1 aromatic carbocycles. The Balaban J connectivity index is 0.00000114. The highest BCUT2D eigenvalue weighted by atomic mass is 35.5. The van der Waals surface area contributed by atoms with Gasteiger partial charge in [0.1, 0.15) is 5.82 Å². The van der Waals surface area contributed by atoms with Crippen LogP contribution in [0.5, 0.6) is 0 Å². The molecule has 2 heterocycles. The number of hydrogen-bond acceptors (Lipinski definition) is 3. The van der Waals surface area contributed by atoms with Crippen LogP contribution in [0.25, 0.3) is 0 Å². The van der Waals surface area contributed by atoms with Gasteiger partial charge in [-0.1, -0.05) is 41.9 Å². The lowest BCUT2D eigenvalue weighted by Crippen LogP contribution is -2.46. The number of halogens is 7. The lowest BCUT2D eigenvalue weighted by molar-refractivity contribution is -0.253. The van der Waals surface area contributed by atoms with E-state index in [0.717, 1.165) is 12.1 Å². The van der Waals surface area contributed by atoms with Gasteiger partial charge in [0.15, 0.2) is 5.92 Å². The Bertz CT molecular complexity index is 887. The van der Waals surface area contributed by atoms with Gasteiger partial charge in [0.25, 0.3) is 0 Å². The highest BCUT2D eigenvalue weighted by Gasteiger charge is 2.57. The van der Waals surface area contributed by atoms with Crippen molar-refractivity contribution in [2.45, 2.75) is 31.7 Å². The summed E-state index contributed by atoms with van der Waals surface area (Å²) in [6.45, 7) is 4.78. The third-order valence-electron chi connectivity index (χ3n) is 4.75. The van der Waals surface area contributed by atoms with Gasteiger partial charge in [-0.15, -0.1) is 12.3 Å². The quantitative estimate of drug-likeness (QED) is 0.403. The number of pyridine rings is 1. The molecule has 3 nitrogen and oxygen atoms in total. The normalized spacial score (nSPS) is 15.2. The predicted octanol–water partition coefficient (Wildman–Crippen LogP) is 5.90. The minimum atomic E-state index is -5.48. The van der Waals surface area contributed by atoms with Gasteiger partial charge < -0.3 is 4.90 Å². The minimum Gasteiger partial charge on any atom is -0.353 e. The van der Waals surface area contributed by atoms with E-state index in [-0.39, 0.29) is 10.8 Å². The van der Waals surface area contributed by atoms with Crippen molar-refractivity contribution in [3.05, 3.63) is 58.7 Å². The van der Waals surface area contributed by atoms with E-state index in [4.69, 9.17) is 11.6 Å². The topological polar surface area (TPSA) is 19.4 Å². The second kappa shape index (κ2) is 10.9. The predicted molar refractivity (Wildman–Crippen MR) is 113 cm³/mol. The maximum absolute atomic E-state index is 12.9. The van der Waals surface area contributed by atoms with Crippen LogP contribution in [0.4, 0.5) is 32.2 Å². The van der Waals surface area contributed by atoms with Crippen molar-refractivity contribution >= 4 is 17.4 Å². The first-order valence-corrected chi connectivity index (χ1v) is 10.0. The number of anilines is 1. The Morgan fingerprint density at radius 2 is 1.56 bits per heavy atom. The van der Waals surface area contributed by atoms with Gasteiger partial charge >= 0.3 is 12.4 Å². The number of terminal acetylenes is 1. The molecule has 3 rings (SSSR count). The molecular weight excluding hydrogens is 456 g/mol. The zero-order valence-corrected chi connectivity index (χ0v) is 18.0. The van der Waals surface area contributed by atoms with Crippen LogP contribution in [-0.4, -0.2) is 48.4 Å². The summed E-state index contributed by atoms with van der Waals surface area (Å²) in [5.74, 6) is -1.17. The molecule has 1 fully saturated rings. The summed E-state index contributed by atoms with van der Waals surface area (Å²) in [6.07, 6.45) is -5.75. The van der Waals surface area contributed by atoms with Crippen LogP contribution in [0.15, 0.2) is 42.6 Å². The van der Waals surface area contributed by atoms with Crippen molar-refractivity contribution in [3.8, 4) is 12.3 Å². The van der Waals surface area contributed by atoms with E-state index >= 15 is 0 Å². The Hall–Kier alpha value is -2.44. The molecule has 0 amide bonds. The number of hydrogen-bond donors (Lipinski definition) is 0. The standard InChI is InChI=1S/C19H18ClF6N3.C3H4/c20-15-10-14(16(18(21,22)23)19(24,25)26)11-27-17(15)29-8-6-28(7-9-29)12-13-4-2-1-3-5-13;1-3-2/h1-5,10-11,16H,6-9,12H2;1H,2H3. The Morgan fingerprint density at radius 3 is 2.03 bits per heavy atom. The molecule has 2 aromatic rings. The van der Waals surface area contributed by atoms with E-state index in [0.29, 0.717) is 38.4 Å². The molecule has 0 radical (unpaired) electrons. The van der Waals surface area contributed by atoms with E-state index in [2.05, 4.69) is 22.2 Å². The second-order valence-corrected chi connectivity index (χ2v) is 7.53. The molecule has 174 valence electrons. The summed E-state index contributed by atoms with van der Waals surface area (Å²) in [5.41, 5.74) is 0.147. The fourth-order valence-corrected chi connectivity index (χ4v) is 3.65. The van der Waals surface area contributed by atoms with Crippen molar-refractivity contribution in [2.75, 3.05) is 31.1 Å². The van der Waals surface area contributed by atoms with Crippen molar-refractivity contribution in [1.82, 2.24) is 9.88 Å². The number of benzene rings is 1. The SMILES string of the molecule is C#CC.FC(F)(F)C(c1cnc(N2CCN(Cc3ccccc3)CC2)c(Cl)c1)C(F)(F)F. The molecule has 10 heteroatoms. The summed E-state index contributed by atoms with van der Waals surface area (Å²) in [5, 5.41) is -0.225. The molecular formula is C22H22ClF6N3. The fourth-order valence-electron chi connectivity index (χ4n) is 3.36. The van der Waals surface area contributed by atoms with Gasteiger partial charge in [-0.2, -0.15) is 26.3 Å². The maximum atomic E-state index is 12.9. The summed E-state index contributed by atoms with van der Waals surface area (Å²) in [4.78, 5) is 7.81. The van der Waals surface area contributed by atoms with E-state index in [1.165, 1.54) is 0 Å². The van der Waals surface area contributed by atoms with E-state index in [9.17, 15) is 26.3 Å². The summed E-state index contributed by atoms with van der Waals surface area (Å²) in [7, 11) is 0. The third kappa shape index (κ3) is 7.04. The first kappa shape index (κ1) is 25.8. The lowest BCUT2D eigenvalue weighted by atomic mass is 10.00. The van der Waals surface area contributed by atoms with Crippen LogP contribution < -0.4 is 4.90 Å². The highest BCUT2D eigenvalue weighted by molar-refractivity contribution is 6.33. The van der Waals surface area contributed by atoms with Crippen LogP contribution in [0.3, 0.4) is 0 Å². The number of piperazine rings is 1. The van der Waals surface area contributed by atoms with Gasteiger partial charge in [0, 0.05) is 38.9 Å². The molecule has 32 heavy (non-hydrogen) atoms. The number of nitrogens with zero attached hydrogens (tertiary/aromatic N) is 3. The zero-order valence-electron chi connectivity index (χ0n) is 17.2. The first-order valence-electron chi connectivity index (χ1n) is 9.64. The van der Waals surface area contributed by atoms with Gasteiger partial charge in [-0.05, 0) is 24.1 Å². The molecule has 0 unspecified atom stereocenters. The molecule has 1 aliphatic heterocycles. The molecule has 1 saturated heterocycles. The lowest BCUT2D eigenvalue weighted by Gasteiger charge is -2.36. The zero-order chi connectivity index (χ0) is 23.9. The first-order chi connectivity index (χ1) is 15.0. The summed E-state index contributed by atoms with van der Waals surface area (Å²) >= 11 is 6.02.